The smallest absolute Gasteiger partial charge is 1.00 e. The van der Waals surface area contributed by atoms with Crippen molar-refractivity contribution in [3.8, 4) is 0 Å². The Hall–Kier alpha value is -0.294. The molecule has 0 aliphatic heterocycles. The minimum Gasteiger partial charge on any atom is -1.00 e. The molecular weight excluding hydrogens is 280 g/mol. The molecule has 122 valence electrons. The van der Waals surface area contributed by atoms with E-state index in [2.05, 4.69) is 6.92 Å². The zero-order valence-electron chi connectivity index (χ0n) is 15.9. The maximum absolute atomic E-state index is 11.4. The first-order valence-electron chi connectivity index (χ1n) is 7.86. The average molecular weight is 313 g/mol. The van der Waals surface area contributed by atoms with Gasteiger partial charge in [0, 0.05) is 0 Å². The zero-order chi connectivity index (χ0) is 15.6. The molecule has 4 nitrogen and oxygen atoms in total. The Bertz CT molecular complexity index is 298. The molecule has 21 heavy (non-hydrogen) atoms. The van der Waals surface area contributed by atoms with Gasteiger partial charge in [-0.2, -0.15) is 0 Å². The molecule has 2 N–H and O–H groups in total. The van der Waals surface area contributed by atoms with Crippen LogP contribution in [0.5, 0.6) is 0 Å². The monoisotopic (exact) mass is 312 g/mol. The van der Waals surface area contributed by atoms with Crippen LogP contribution in [-0.4, -0.2) is 45.2 Å². The van der Waals surface area contributed by atoms with Crippen LogP contribution in [0.2, 0.25) is 0 Å². The minimum atomic E-state index is -1.62. The number of hydrogen-bond acceptors (Lipinski definition) is 2. The molecule has 0 fully saturated rings. The maximum Gasteiger partial charge on any atom is 2.00 e. The van der Waals surface area contributed by atoms with Crippen LogP contribution in [0.25, 0.3) is 0 Å². The standard InChI is InChI=1S/C16H30O4.Mg.2H/c1-4-5-6-7-8-9-10-11-12-16(13(2)3,14(17)18)15(19)20;;;/h13H,4-12H2,1-3H3,(H,17,18)(H,19,20);;;/q;+2;2*-1. The number of carbonyl (C=O) groups is 2. The summed E-state index contributed by atoms with van der Waals surface area (Å²) < 4.78 is 0. The fraction of sp³-hybridized carbons (Fsp3) is 0.875. The third kappa shape index (κ3) is 7.50. The Kier molecular flexibility index (Phi) is 13.4. The topological polar surface area (TPSA) is 74.6 Å². The van der Waals surface area contributed by atoms with Crippen molar-refractivity contribution in [2.24, 2.45) is 11.3 Å². The summed E-state index contributed by atoms with van der Waals surface area (Å²) in [6.45, 7) is 5.53. The Morgan fingerprint density at radius 2 is 1.29 bits per heavy atom. The molecule has 0 amide bonds. The van der Waals surface area contributed by atoms with E-state index in [9.17, 15) is 19.8 Å². The predicted molar refractivity (Wildman–Crippen MR) is 87.7 cm³/mol. The van der Waals surface area contributed by atoms with Gasteiger partial charge >= 0.3 is 35.0 Å². The molecule has 0 aromatic heterocycles. The van der Waals surface area contributed by atoms with Crippen LogP contribution < -0.4 is 0 Å². The first-order chi connectivity index (χ1) is 9.39. The quantitative estimate of drug-likeness (QED) is 0.322. The molecule has 0 saturated carbocycles. The molecule has 0 radical (unpaired) electrons. The molecule has 0 aliphatic rings. The minimum absolute atomic E-state index is 0. The summed E-state index contributed by atoms with van der Waals surface area (Å²) in [5.41, 5.74) is -1.62. The number of aliphatic carboxylic acids is 2. The van der Waals surface area contributed by atoms with Gasteiger partial charge in [-0.25, -0.2) is 0 Å². The van der Waals surface area contributed by atoms with Gasteiger partial charge in [0.15, 0.2) is 5.41 Å². The first-order valence-corrected chi connectivity index (χ1v) is 7.86. The third-order valence-electron chi connectivity index (χ3n) is 4.17. The summed E-state index contributed by atoms with van der Waals surface area (Å²) in [6, 6.07) is 0. The molecule has 0 rings (SSSR count). The second-order valence-electron chi connectivity index (χ2n) is 5.96. The van der Waals surface area contributed by atoms with E-state index < -0.39 is 23.3 Å². The molecule has 0 aromatic carbocycles. The Labute approximate surface area is 147 Å². The van der Waals surface area contributed by atoms with E-state index in [1.54, 1.807) is 13.8 Å². The van der Waals surface area contributed by atoms with Gasteiger partial charge < -0.3 is 13.1 Å². The van der Waals surface area contributed by atoms with E-state index in [1.807, 2.05) is 0 Å². The van der Waals surface area contributed by atoms with Crippen molar-refractivity contribution < 1.29 is 22.7 Å². The van der Waals surface area contributed by atoms with Crippen molar-refractivity contribution in [1.82, 2.24) is 0 Å². The molecule has 0 atom stereocenters. The predicted octanol–water partition coefficient (Wildman–Crippen LogP) is 4.17. The van der Waals surface area contributed by atoms with Crippen LogP contribution in [0.3, 0.4) is 0 Å². The summed E-state index contributed by atoms with van der Waals surface area (Å²) in [5, 5.41) is 18.6. The van der Waals surface area contributed by atoms with E-state index in [0.717, 1.165) is 19.3 Å². The normalized spacial score (nSPS) is 11.2. The fourth-order valence-electron chi connectivity index (χ4n) is 2.63. The van der Waals surface area contributed by atoms with E-state index in [1.165, 1.54) is 25.7 Å². The van der Waals surface area contributed by atoms with Crippen LogP contribution in [0.1, 0.15) is 81.4 Å². The number of carboxylic acids is 2. The van der Waals surface area contributed by atoms with Crippen LogP contribution in [0.4, 0.5) is 0 Å². The molecular formula is C16H32MgO4. The number of hydrogen-bond donors (Lipinski definition) is 2. The summed E-state index contributed by atoms with van der Waals surface area (Å²) >= 11 is 0. The van der Waals surface area contributed by atoms with Crippen LogP contribution in [0.15, 0.2) is 0 Å². The van der Waals surface area contributed by atoms with E-state index in [4.69, 9.17) is 0 Å². The molecule has 0 aliphatic carbocycles. The van der Waals surface area contributed by atoms with Crippen molar-refractivity contribution in [3.63, 3.8) is 0 Å². The average Bonchev–Trinajstić information content (AvgIpc) is 2.35. The maximum atomic E-state index is 11.4. The van der Waals surface area contributed by atoms with Crippen molar-refractivity contribution in [2.45, 2.75) is 78.6 Å². The molecule has 0 unspecified atom stereocenters. The molecule has 0 heterocycles. The van der Waals surface area contributed by atoms with E-state index in [0.29, 0.717) is 6.42 Å². The first kappa shape index (κ1) is 23.0. The SMILES string of the molecule is CCCCCCCCCCC(C(=O)O)(C(=O)O)C(C)C.[H-].[H-].[Mg+2]. The van der Waals surface area contributed by atoms with Gasteiger partial charge in [-0.1, -0.05) is 72.1 Å². The Morgan fingerprint density at radius 3 is 1.62 bits per heavy atom. The summed E-state index contributed by atoms with van der Waals surface area (Å²) in [4.78, 5) is 22.7. The van der Waals surface area contributed by atoms with E-state index >= 15 is 0 Å². The summed E-state index contributed by atoms with van der Waals surface area (Å²) in [7, 11) is 0. The molecule has 0 aromatic rings. The summed E-state index contributed by atoms with van der Waals surface area (Å²) in [6.07, 6.45) is 9.03. The number of carboxylic acid groups (broad SMARTS) is 2. The van der Waals surface area contributed by atoms with Crippen molar-refractivity contribution >= 4 is 35.0 Å². The Morgan fingerprint density at radius 1 is 0.905 bits per heavy atom. The van der Waals surface area contributed by atoms with Crippen molar-refractivity contribution in [3.05, 3.63) is 0 Å². The van der Waals surface area contributed by atoms with Crippen LogP contribution in [0, 0.1) is 11.3 Å². The van der Waals surface area contributed by atoms with Gasteiger partial charge in [-0.3, -0.25) is 9.59 Å². The Balaban J connectivity index is -0.000000602. The molecule has 5 heteroatoms. The van der Waals surface area contributed by atoms with Crippen molar-refractivity contribution in [1.29, 1.82) is 0 Å². The van der Waals surface area contributed by atoms with Gasteiger partial charge in [0.2, 0.25) is 0 Å². The van der Waals surface area contributed by atoms with Crippen molar-refractivity contribution in [2.75, 3.05) is 0 Å². The largest absolute Gasteiger partial charge is 2.00 e. The fourth-order valence-corrected chi connectivity index (χ4v) is 2.63. The van der Waals surface area contributed by atoms with Gasteiger partial charge in [0.05, 0.1) is 0 Å². The van der Waals surface area contributed by atoms with Gasteiger partial charge in [-0.05, 0) is 12.3 Å². The summed E-state index contributed by atoms with van der Waals surface area (Å²) in [5.74, 6) is -2.81. The molecule has 0 spiro atoms. The van der Waals surface area contributed by atoms with Crippen LogP contribution in [-0.2, 0) is 9.59 Å². The zero-order valence-corrected chi connectivity index (χ0v) is 15.3. The third-order valence-corrected chi connectivity index (χ3v) is 4.17. The van der Waals surface area contributed by atoms with E-state index in [-0.39, 0.29) is 32.3 Å². The van der Waals surface area contributed by atoms with Crippen LogP contribution >= 0.6 is 0 Å². The molecule has 0 saturated heterocycles. The second-order valence-corrected chi connectivity index (χ2v) is 5.96. The van der Waals surface area contributed by atoms with Gasteiger partial charge in [0.25, 0.3) is 0 Å². The van der Waals surface area contributed by atoms with Gasteiger partial charge in [-0.15, -0.1) is 0 Å². The number of unbranched alkanes of at least 4 members (excludes halogenated alkanes) is 7. The second kappa shape index (κ2) is 12.3. The molecule has 0 bridgehead atoms. The van der Waals surface area contributed by atoms with Gasteiger partial charge in [0.1, 0.15) is 0 Å². The number of rotatable bonds is 12.